The fraction of sp³-hybridized carbons (Fsp3) is 0.818. The molecule has 1 saturated heterocycles. The van der Waals surface area contributed by atoms with E-state index in [2.05, 4.69) is 0 Å². The topological polar surface area (TPSA) is 66.8 Å². The van der Waals surface area contributed by atoms with E-state index in [0.717, 1.165) is 6.42 Å². The van der Waals surface area contributed by atoms with Gasteiger partial charge in [0.15, 0.2) is 0 Å². The summed E-state index contributed by atoms with van der Waals surface area (Å²) in [4.78, 5) is 21.9. The molecular weight excluding hydrogens is 210 g/mol. The van der Waals surface area contributed by atoms with E-state index < -0.39 is 12.0 Å². The van der Waals surface area contributed by atoms with E-state index in [0.29, 0.717) is 19.4 Å². The molecule has 0 radical (unpaired) electrons. The minimum absolute atomic E-state index is 0.0417. The maximum atomic E-state index is 10.4. The van der Waals surface area contributed by atoms with Crippen LogP contribution >= 0.6 is 0 Å². The van der Waals surface area contributed by atoms with Gasteiger partial charge in [-0.25, -0.2) is 4.79 Å². The van der Waals surface area contributed by atoms with Gasteiger partial charge in [-0.1, -0.05) is 0 Å². The molecule has 1 aliphatic rings. The Labute approximate surface area is 96.4 Å². The molecule has 1 heterocycles. The molecule has 1 rings (SSSR count). The summed E-state index contributed by atoms with van der Waals surface area (Å²) in [6, 6.07) is -0.572. The molecule has 0 aliphatic carbocycles. The summed E-state index contributed by atoms with van der Waals surface area (Å²) in [7, 11) is 1.71. The zero-order valence-electron chi connectivity index (χ0n) is 10.4. The molecule has 1 atom stereocenters. The molecule has 0 aromatic rings. The van der Waals surface area contributed by atoms with Crippen LogP contribution in [0.2, 0.25) is 0 Å². The van der Waals surface area contributed by atoms with E-state index in [1.807, 2.05) is 20.8 Å². The van der Waals surface area contributed by atoms with Crippen molar-refractivity contribution in [2.75, 3.05) is 13.7 Å². The Hall–Kier alpha value is -1.10. The monoisotopic (exact) mass is 231 g/mol. The first-order chi connectivity index (χ1) is 7.31. The van der Waals surface area contributed by atoms with Gasteiger partial charge in [0.05, 0.1) is 5.60 Å². The maximum Gasteiger partial charge on any atom is 0.326 e. The van der Waals surface area contributed by atoms with E-state index in [-0.39, 0.29) is 5.60 Å². The van der Waals surface area contributed by atoms with Crippen molar-refractivity contribution in [2.24, 2.45) is 0 Å². The third-order valence-electron chi connectivity index (χ3n) is 2.33. The standard InChI is InChI=1S/C6H9NO3.C5H12O/c8-4-7-3-1-2-5(7)6(9)10;1-5(2,3)6-4/h4-5H,1-3H2,(H,9,10);1-4H3. The Balaban J connectivity index is 0.000000325. The number of methoxy groups -OCH3 is 1. The summed E-state index contributed by atoms with van der Waals surface area (Å²) in [5.41, 5.74) is 0.0417. The number of ether oxygens (including phenoxy) is 1. The number of hydrogen-bond donors (Lipinski definition) is 1. The van der Waals surface area contributed by atoms with Crippen molar-refractivity contribution in [2.45, 2.75) is 45.3 Å². The van der Waals surface area contributed by atoms with Crippen LogP contribution in [-0.2, 0) is 14.3 Å². The fourth-order valence-corrected chi connectivity index (χ4v) is 1.18. The first kappa shape index (κ1) is 14.9. The van der Waals surface area contributed by atoms with Crippen LogP contribution in [0.1, 0.15) is 33.6 Å². The molecule has 5 heteroatoms. The zero-order valence-corrected chi connectivity index (χ0v) is 10.4. The zero-order chi connectivity index (χ0) is 12.8. The molecule has 0 spiro atoms. The molecule has 0 aromatic heterocycles. The van der Waals surface area contributed by atoms with Crippen molar-refractivity contribution in [3.63, 3.8) is 0 Å². The lowest BCUT2D eigenvalue weighted by molar-refractivity contribution is -0.144. The summed E-state index contributed by atoms with van der Waals surface area (Å²) in [6.45, 7) is 6.65. The molecule has 5 nitrogen and oxygen atoms in total. The van der Waals surface area contributed by atoms with Crippen LogP contribution in [0.4, 0.5) is 0 Å². The molecule has 1 aliphatic heterocycles. The van der Waals surface area contributed by atoms with Gasteiger partial charge in [-0.05, 0) is 33.6 Å². The van der Waals surface area contributed by atoms with Gasteiger partial charge in [0.2, 0.25) is 6.41 Å². The number of carboxylic acids is 1. The van der Waals surface area contributed by atoms with Gasteiger partial charge < -0.3 is 14.7 Å². The number of carbonyl (C=O) groups is 2. The normalized spacial score (nSPS) is 20.0. The maximum absolute atomic E-state index is 10.4. The number of likely N-dealkylation sites (tertiary alicyclic amines) is 1. The summed E-state index contributed by atoms with van der Waals surface area (Å²) < 4.78 is 4.94. The van der Waals surface area contributed by atoms with Crippen LogP contribution in [0.25, 0.3) is 0 Å². The number of amides is 1. The molecule has 1 fully saturated rings. The molecular formula is C11H21NO4. The van der Waals surface area contributed by atoms with Crippen LogP contribution in [0.5, 0.6) is 0 Å². The lowest BCUT2D eigenvalue weighted by Gasteiger charge is -2.14. The first-order valence-electron chi connectivity index (χ1n) is 5.31. The van der Waals surface area contributed by atoms with Crippen molar-refractivity contribution >= 4 is 12.4 Å². The fourth-order valence-electron chi connectivity index (χ4n) is 1.18. The predicted molar refractivity (Wildman–Crippen MR) is 60.2 cm³/mol. The average molecular weight is 231 g/mol. The average Bonchev–Trinajstić information content (AvgIpc) is 2.65. The number of rotatable bonds is 2. The number of hydrogen-bond acceptors (Lipinski definition) is 3. The highest BCUT2D eigenvalue weighted by molar-refractivity contribution is 5.76. The quantitative estimate of drug-likeness (QED) is 0.723. The van der Waals surface area contributed by atoms with Crippen LogP contribution < -0.4 is 0 Å². The van der Waals surface area contributed by atoms with E-state index in [1.165, 1.54) is 4.90 Å². The largest absolute Gasteiger partial charge is 0.480 e. The van der Waals surface area contributed by atoms with Crippen molar-refractivity contribution in [3.05, 3.63) is 0 Å². The molecule has 0 aromatic carbocycles. The summed E-state index contributed by atoms with van der Waals surface area (Å²) in [6.07, 6.45) is 2.00. The number of carbonyl (C=O) groups excluding carboxylic acids is 1. The van der Waals surface area contributed by atoms with Gasteiger partial charge in [-0.2, -0.15) is 0 Å². The lowest BCUT2D eigenvalue weighted by atomic mass is 10.2. The Morgan fingerprint density at radius 1 is 1.50 bits per heavy atom. The van der Waals surface area contributed by atoms with E-state index >= 15 is 0 Å². The van der Waals surface area contributed by atoms with E-state index in [4.69, 9.17) is 9.84 Å². The highest BCUT2D eigenvalue weighted by Gasteiger charge is 2.28. The lowest BCUT2D eigenvalue weighted by Crippen LogP contribution is -2.34. The molecule has 0 saturated carbocycles. The third kappa shape index (κ3) is 5.70. The van der Waals surface area contributed by atoms with Crippen molar-refractivity contribution < 1.29 is 19.4 Å². The van der Waals surface area contributed by atoms with Gasteiger partial charge >= 0.3 is 5.97 Å². The van der Waals surface area contributed by atoms with Crippen LogP contribution in [0, 0.1) is 0 Å². The Morgan fingerprint density at radius 3 is 2.25 bits per heavy atom. The van der Waals surface area contributed by atoms with Crippen molar-refractivity contribution in [1.29, 1.82) is 0 Å². The highest BCUT2D eigenvalue weighted by Crippen LogP contribution is 2.14. The second-order valence-electron chi connectivity index (χ2n) is 4.66. The molecule has 1 amide bonds. The molecule has 1 unspecified atom stereocenters. The molecule has 1 N–H and O–H groups in total. The third-order valence-corrected chi connectivity index (χ3v) is 2.33. The Kier molecular flexibility index (Phi) is 6.03. The molecule has 0 bridgehead atoms. The SMILES string of the molecule is COC(C)(C)C.O=CN1CCCC1C(=O)O. The van der Waals surface area contributed by atoms with E-state index in [9.17, 15) is 9.59 Å². The van der Waals surface area contributed by atoms with Crippen LogP contribution in [0.3, 0.4) is 0 Å². The highest BCUT2D eigenvalue weighted by atomic mass is 16.5. The van der Waals surface area contributed by atoms with Crippen LogP contribution in [-0.4, -0.2) is 47.7 Å². The number of nitrogens with zero attached hydrogens (tertiary/aromatic N) is 1. The van der Waals surface area contributed by atoms with Gasteiger partial charge in [-0.3, -0.25) is 4.79 Å². The second kappa shape index (κ2) is 6.48. The van der Waals surface area contributed by atoms with E-state index in [1.54, 1.807) is 7.11 Å². The van der Waals surface area contributed by atoms with Gasteiger partial charge in [-0.15, -0.1) is 0 Å². The summed E-state index contributed by atoms with van der Waals surface area (Å²) in [5.74, 6) is -0.899. The Morgan fingerprint density at radius 2 is 2.00 bits per heavy atom. The first-order valence-corrected chi connectivity index (χ1v) is 5.31. The van der Waals surface area contributed by atoms with Gasteiger partial charge in [0, 0.05) is 13.7 Å². The van der Waals surface area contributed by atoms with Crippen molar-refractivity contribution in [3.8, 4) is 0 Å². The predicted octanol–water partition coefficient (Wildman–Crippen LogP) is 1.12. The molecule has 16 heavy (non-hydrogen) atoms. The summed E-state index contributed by atoms with van der Waals surface area (Å²) >= 11 is 0. The number of carboxylic acid groups (broad SMARTS) is 1. The van der Waals surface area contributed by atoms with Crippen LogP contribution in [0.15, 0.2) is 0 Å². The van der Waals surface area contributed by atoms with Crippen molar-refractivity contribution in [1.82, 2.24) is 4.90 Å². The smallest absolute Gasteiger partial charge is 0.326 e. The van der Waals surface area contributed by atoms with Gasteiger partial charge in [0.1, 0.15) is 6.04 Å². The second-order valence-corrected chi connectivity index (χ2v) is 4.66. The molecule has 94 valence electrons. The number of aliphatic carboxylic acids is 1. The van der Waals surface area contributed by atoms with Gasteiger partial charge in [0.25, 0.3) is 0 Å². The minimum atomic E-state index is -0.899. The summed E-state index contributed by atoms with van der Waals surface area (Å²) in [5, 5.41) is 8.51. The Bertz CT molecular complexity index is 235. The minimum Gasteiger partial charge on any atom is -0.480 e.